The maximum Gasteiger partial charge on any atom is 0.399 e. The first kappa shape index (κ1) is 12.8. The second-order valence-electron chi connectivity index (χ2n) is 2.75. The van der Waals surface area contributed by atoms with Gasteiger partial charge in [0.25, 0.3) is 5.69 Å². The van der Waals surface area contributed by atoms with Gasteiger partial charge >= 0.3 is 17.2 Å². The zero-order valence-corrected chi connectivity index (χ0v) is 8.84. The quantitative estimate of drug-likeness (QED) is 0.200. The predicted molar refractivity (Wildman–Crippen MR) is 54.4 cm³/mol. The van der Waals surface area contributed by atoms with Crippen LogP contribution in [-0.4, -0.2) is 22.1 Å². The number of nitro benzene ring substituents is 1. The minimum atomic E-state index is -1.50. The number of esters is 2. The minimum Gasteiger partial charge on any atom is -0.383 e. The van der Waals surface area contributed by atoms with Crippen LogP contribution in [0.3, 0.4) is 0 Å². The molecule has 17 heavy (non-hydrogen) atoms. The van der Waals surface area contributed by atoms with Crippen molar-refractivity contribution in [3.8, 4) is 0 Å². The normalized spacial score (nSPS) is 9.47. The van der Waals surface area contributed by atoms with E-state index in [1.165, 1.54) is 0 Å². The molecule has 0 aromatic heterocycles. The molecule has 1 rings (SSSR count). The number of halogens is 1. The summed E-state index contributed by atoms with van der Waals surface area (Å²) in [6.07, 6.45) is 0. The van der Waals surface area contributed by atoms with Crippen LogP contribution in [0.2, 0.25) is 0 Å². The average molecular weight is 258 g/mol. The number of ether oxygens (including phenoxy) is 1. The number of carbonyl (C=O) groups is 3. The Morgan fingerprint density at radius 2 is 1.71 bits per heavy atom. The van der Waals surface area contributed by atoms with Crippen LogP contribution < -0.4 is 0 Å². The van der Waals surface area contributed by atoms with Crippen LogP contribution in [0, 0.1) is 10.1 Å². The summed E-state index contributed by atoms with van der Waals surface area (Å²) < 4.78 is 4.07. The smallest absolute Gasteiger partial charge is 0.383 e. The molecule has 0 bridgehead atoms. The van der Waals surface area contributed by atoms with Gasteiger partial charge in [-0.3, -0.25) is 14.9 Å². The topological polar surface area (TPSA) is 104 Å². The predicted octanol–water partition coefficient (Wildman–Crippen LogP) is 1.04. The Hall–Kier alpha value is -2.28. The molecular formula is C9H4ClNO6. The Morgan fingerprint density at radius 1 is 1.18 bits per heavy atom. The summed E-state index contributed by atoms with van der Waals surface area (Å²) in [6, 6.07) is 4.30. The van der Waals surface area contributed by atoms with Crippen molar-refractivity contribution in [2.24, 2.45) is 0 Å². The molecule has 0 N–H and O–H groups in total. The van der Waals surface area contributed by atoms with Gasteiger partial charge in [0.1, 0.15) is 0 Å². The van der Waals surface area contributed by atoms with Crippen LogP contribution in [0.25, 0.3) is 0 Å². The Bertz CT molecular complexity index is 495. The highest BCUT2D eigenvalue weighted by atomic mass is 35.5. The van der Waals surface area contributed by atoms with Gasteiger partial charge in [0.15, 0.2) is 0 Å². The van der Waals surface area contributed by atoms with Crippen LogP contribution in [0.5, 0.6) is 0 Å². The molecule has 7 nitrogen and oxygen atoms in total. The summed E-state index contributed by atoms with van der Waals surface area (Å²) in [7, 11) is 0. The average Bonchev–Trinajstić information content (AvgIpc) is 2.28. The molecule has 0 atom stereocenters. The van der Waals surface area contributed by atoms with Gasteiger partial charge in [0.2, 0.25) is 0 Å². The number of non-ortho nitro benzene ring substituents is 1. The van der Waals surface area contributed by atoms with E-state index in [-0.39, 0.29) is 11.3 Å². The number of nitro groups is 1. The van der Waals surface area contributed by atoms with Gasteiger partial charge in [0.05, 0.1) is 10.5 Å². The third kappa shape index (κ3) is 3.35. The fraction of sp³-hybridized carbons (Fsp3) is 0. The van der Waals surface area contributed by atoms with Gasteiger partial charge in [-0.2, -0.15) is 0 Å². The number of carbonyl (C=O) groups excluding carboxylic acids is 3. The van der Waals surface area contributed by atoms with E-state index < -0.39 is 22.1 Å². The summed E-state index contributed by atoms with van der Waals surface area (Å²) in [5.41, 5.74) is -0.330. The zero-order chi connectivity index (χ0) is 13.0. The van der Waals surface area contributed by atoms with Gasteiger partial charge in [-0.1, -0.05) is 0 Å². The number of hydrogen-bond donors (Lipinski definition) is 0. The molecule has 0 aliphatic rings. The Labute approximate surface area is 99.1 Å². The van der Waals surface area contributed by atoms with Crippen LogP contribution in [-0.2, 0) is 14.3 Å². The first-order chi connectivity index (χ1) is 7.91. The zero-order valence-electron chi connectivity index (χ0n) is 8.08. The SMILES string of the molecule is O=C(Cl)C(=O)OC(=O)c1ccc([N+](=O)[O-])cc1. The fourth-order valence-corrected chi connectivity index (χ4v) is 0.941. The lowest BCUT2D eigenvalue weighted by molar-refractivity contribution is -0.384. The Morgan fingerprint density at radius 3 is 2.12 bits per heavy atom. The van der Waals surface area contributed by atoms with Crippen LogP contribution >= 0.6 is 11.6 Å². The molecule has 0 fully saturated rings. The lowest BCUT2D eigenvalue weighted by Crippen LogP contribution is -2.17. The van der Waals surface area contributed by atoms with Crippen molar-refractivity contribution in [3.63, 3.8) is 0 Å². The first-order valence-corrected chi connectivity index (χ1v) is 4.50. The van der Waals surface area contributed by atoms with E-state index in [0.717, 1.165) is 24.3 Å². The third-order valence-electron chi connectivity index (χ3n) is 1.66. The first-order valence-electron chi connectivity index (χ1n) is 4.12. The molecule has 8 heteroatoms. The highest BCUT2D eigenvalue weighted by molar-refractivity contribution is 6.80. The standard InChI is InChI=1S/C9H4ClNO6/c10-7(12)9(14)17-8(13)5-1-3-6(4-2-5)11(15)16/h1-4H. The van der Waals surface area contributed by atoms with E-state index in [2.05, 4.69) is 4.74 Å². The summed E-state index contributed by atoms with van der Waals surface area (Å²) in [6.45, 7) is 0. The number of rotatable bonds is 3. The van der Waals surface area contributed by atoms with Crippen LogP contribution in [0.4, 0.5) is 5.69 Å². The summed E-state index contributed by atoms with van der Waals surface area (Å²) in [5, 5.41) is 8.89. The summed E-state index contributed by atoms with van der Waals surface area (Å²) >= 11 is 4.77. The maximum atomic E-state index is 11.2. The summed E-state index contributed by atoms with van der Waals surface area (Å²) in [4.78, 5) is 41.9. The second-order valence-corrected chi connectivity index (χ2v) is 3.10. The molecule has 0 unspecified atom stereocenters. The molecule has 0 saturated heterocycles. The molecule has 1 aromatic rings. The van der Waals surface area contributed by atoms with Gasteiger partial charge in [-0.25, -0.2) is 9.59 Å². The van der Waals surface area contributed by atoms with Crippen molar-refractivity contribution < 1.29 is 24.0 Å². The molecule has 0 aliphatic heterocycles. The van der Waals surface area contributed by atoms with E-state index in [9.17, 15) is 24.5 Å². The van der Waals surface area contributed by atoms with Gasteiger partial charge in [0, 0.05) is 12.1 Å². The Kier molecular flexibility index (Phi) is 3.89. The molecule has 88 valence electrons. The van der Waals surface area contributed by atoms with Gasteiger partial charge < -0.3 is 4.74 Å². The van der Waals surface area contributed by atoms with E-state index >= 15 is 0 Å². The molecule has 0 saturated carbocycles. The fourth-order valence-electron chi connectivity index (χ4n) is 0.902. The van der Waals surface area contributed by atoms with Gasteiger partial charge in [-0.15, -0.1) is 0 Å². The van der Waals surface area contributed by atoms with Crippen molar-refractivity contribution in [1.29, 1.82) is 0 Å². The number of hydrogen-bond acceptors (Lipinski definition) is 6. The summed E-state index contributed by atoms with van der Waals surface area (Å²) in [5.74, 6) is -2.62. The van der Waals surface area contributed by atoms with Crippen molar-refractivity contribution in [3.05, 3.63) is 39.9 Å². The van der Waals surface area contributed by atoms with Crippen molar-refractivity contribution in [1.82, 2.24) is 0 Å². The largest absolute Gasteiger partial charge is 0.399 e. The van der Waals surface area contributed by atoms with Crippen molar-refractivity contribution >= 4 is 34.5 Å². The van der Waals surface area contributed by atoms with E-state index in [1.54, 1.807) is 0 Å². The monoisotopic (exact) mass is 257 g/mol. The van der Waals surface area contributed by atoms with Crippen LogP contribution in [0.15, 0.2) is 24.3 Å². The van der Waals surface area contributed by atoms with Crippen molar-refractivity contribution in [2.75, 3.05) is 0 Å². The minimum absolute atomic E-state index is 0.109. The van der Waals surface area contributed by atoms with Crippen LogP contribution in [0.1, 0.15) is 10.4 Å². The third-order valence-corrected chi connectivity index (χ3v) is 1.81. The number of nitrogens with zero attached hydrogens (tertiary/aromatic N) is 1. The number of benzene rings is 1. The molecule has 0 amide bonds. The molecular weight excluding hydrogens is 254 g/mol. The maximum absolute atomic E-state index is 11.2. The Balaban J connectivity index is 2.80. The highest BCUT2D eigenvalue weighted by Gasteiger charge is 2.18. The molecule has 1 aromatic carbocycles. The van der Waals surface area contributed by atoms with Gasteiger partial charge in [-0.05, 0) is 23.7 Å². The highest BCUT2D eigenvalue weighted by Crippen LogP contribution is 2.12. The molecule has 0 radical (unpaired) electrons. The van der Waals surface area contributed by atoms with Crippen molar-refractivity contribution in [2.45, 2.75) is 0 Å². The lowest BCUT2D eigenvalue weighted by atomic mass is 10.2. The van der Waals surface area contributed by atoms with E-state index in [4.69, 9.17) is 11.6 Å². The molecule has 0 spiro atoms. The van der Waals surface area contributed by atoms with E-state index in [0.29, 0.717) is 0 Å². The molecule has 0 heterocycles. The second kappa shape index (κ2) is 5.17. The van der Waals surface area contributed by atoms with E-state index in [1.807, 2.05) is 0 Å². The lowest BCUT2D eigenvalue weighted by Gasteiger charge is -1.99. The molecule has 0 aliphatic carbocycles.